The van der Waals surface area contributed by atoms with Gasteiger partial charge in [0.05, 0.1) is 13.2 Å². The zero-order chi connectivity index (χ0) is 14.4. The van der Waals surface area contributed by atoms with Gasteiger partial charge in [-0.1, -0.05) is 13.8 Å². The lowest BCUT2D eigenvalue weighted by Gasteiger charge is -2.24. The molecule has 0 spiro atoms. The van der Waals surface area contributed by atoms with E-state index in [0.29, 0.717) is 5.92 Å². The lowest BCUT2D eigenvalue weighted by Crippen LogP contribution is -2.27. The molecule has 0 atom stereocenters. The van der Waals surface area contributed by atoms with Crippen LogP contribution >= 0.6 is 15.9 Å². The van der Waals surface area contributed by atoms with Gasteiger partial charge in [-0.25, -0.2) is 4.98 Å². The van der Waals surface area contributed by atoms with Crippen LogP contribution < -0.4 is 10.1 Å². The van der Waals surface area contributed by atoms with E-state index in [1.807, 2.05) is 0 Å². The van der Waals surface area contributed by atoms with E-state index in [2.05, 4.69) is 46.1 Å². The van der Waals surface area contributed by atoms with E-state index in [0.717, 1.165) is 55.1 Å². The van der Waals surface area contributed by atoms with Crippen LogP contribution in [0.2, 0.25) is 0 Å². The zero-order valence-electron chi connectivity index (χ0n) is 12.2. The molecule has 1 aliphatic heterocycles. The monoisotopic (exact) mass is 342 g/mol. The molecule has 2 rings (SSSR count). The molecule has 0 unspecified atom stereocenters. The fourth-order valence-corrected chi connectivity index (χ4v) is 2.53. The van der Waals surface area contributed by atoms with Gasteiger partial charge < -0.3 is 14.8 Å². The topological polar surface area (TPSA) is 43.4 Å². The van der Waals surface area contributed by atoms with Crippen molar-refractivity contribution in [2.75, 3.05) is 19.8 Å². The molecule has 1 N–H and O–H groups in total. The molecule has 0 radical (unpaired) electrons. The fraction of sp³-hybridized carbons (Fsp3) is 0.667. The van der Waals surface area contributed by atoms with Crippen molar-refractivity contribution >= 4 is 15.9 Å². The number of nitrogens with zero attached hydrogens (tertiary/aromatic N) is 1. The Morgan fingerprint density at radius 2 is 2.20 bits per heavy atom. The summed E-state index contributed by atoms with van der Waals surface area (Å²) in [6.07, 6.45) is 3.90. The van der Waals surface area contributed by atoms with Gasteiger partial charge in [-0.3, -0.25) is 0 Å². The van der Waals surface area contributed by atoms with Crippen molar-refractivity contribution in [2.45, 2.75) is 39.3 Å². The van der Waals surface area contributed by atoms with Crippen molar-refractivity contribution < 1.29 is 9.47 Å². The largest absolute Gasteiger partial charge is 0.474 e. The smallest absolute Gasteiger partial charge is 0.218 e. The molecule has 4 nitrogen and oxygen atoms in total. The number of ether oxygens (including phenoxy) is 2. The molecular formula is C15H23BrN2O2. The highest BCUT2D eigenvalue weighted by molar-refractivity contribution is 9.10. The molecule has 0 aromatic carbocycles. The standard InChI is InChI=1S/C15H23BrN2O2/c1-11(2)8-17-9-12-7-13(16)10-18-15(12)20-14-3-5-19-6-4-14/h7,10-11,14,17H,3-6,8-9H2,1-2H3. The van der Waals surface area contributed by atoms with Gasteiger partial charge in [0.1, 0.15) is 6.10 Å². The lowest BCUT2D eigenvalue weighted by atomic mass is 10.1. The van der Waals surface area contributed by atoms with Crippen LogP contribution in [0.1, 0.15) is 32.3 Å². The Balaban J connectivity index is 1.98. The Morgan fingerprint density at radius 1 is 1.45 bits per heavy atom. The first kappa shape index (κ1) is 15.7. The second-order valence-corrected chi connectivity index (χ2v) is 6.49. The van der Waals surface area contributed by atoms with E-state index in [9.17, 15) is 0 Å². The Morgan fingerprint density at radius 3 is 2.90 bits per heavy atom. The number of nitrogens with one attached hydrogen (secondary N) is 1. The third-order valence-electron chi connectivity index (χ3n) is 3.21. The van der Waals surface area contributed by atoms with Crippen molar-refractivity contribution in [1.82, 2.24) is 10.3 Å². The van der Waals surface area contributed by atoms with Gasteiger partial charge in [0.2, 0.25) is 5.88 Å². The van der Waals surface area contributed by atoms with E-state index in [1.165, 1.54) is 0 Å². The molecular weight excluding hydrogens is 320 g/mol. The minimum absolute atomic E-state index is 0.223. The minimum Gasteiger partial charge on any atom is -0.474 e. The summed E-state index contributed by atoms with van der Waals surface area (Å²) in [7, 11) is 0. The summed E-state index contributed by atoms with van der Waals surface area (Å²) < 4.78 is 12.4. The molecule has 0 saturated carbocycles. The molecule has 20 heavy (non-hydrogen) atoms. The van der Waals surface area contributed by atoms with Gasteiger partial charge in [0, 0.05) is 35.6 Å². The maximum atomic E-state index is 6.05. The maximum absolute atomic E-state index is 6.05. The fourth-order valence-electron chi connectivity index (χ4n) is 2.15. The van der Waals surface area contributed by atoms with Crippen molar-refractivity contribution in [3.63, 3.8) is 0 Å². The normalized spacial score (nSPS) is 16.6. The number of rotatable bonds is 6. The van der Waals surface area contributed by atoms with Crippen LogP contribution in [0.15, 0.2) is 16.7 Å². The molecule has 1 aromatic heterocycles. The third kappa shape index (κ3) is 5.04. The van der Waals surface area contributed by atoms with Gasteiger partial charge in [-0.05, 0) is 34.5 Å². The molecule has 1 saturated heterocycles. The number of hydrogen-bond donors (Lipinski definition) is 1. The first-order valence-corrected chi connectivity index (χ1v) is 8.04. The molecule has 1 aliphatic rings. The summed E-state index contributed by atoms with van der Waals surface area (Å²) in [6.45, 7) is 7.73. The van der Waals surface area contributed by atoms with Crippen LogP contribution in [0.25, 0.3) is 0 Å². The minimum atomic E-state index is 0.223. The summed E-state index contributed by atoms with van der Waals surface area (Å²) >= 11 is 3.48. The van der Waals surface area contributed by atoms with Crippen LogP contribution in [0, 0.1) is 5.92 Å². The second kappa shape index (κ2) is 7.96. The highest BCUT2D eigenvalue weighted by atomic mass is 79.9. The number of halogens is 1. The number of pyridine rings is 1. The maximum Gasteiger partial charge on any atom is 0.218 e. The van der Waals surface area contributed by atoms with Gasteiger partial charge in [-0.15, -0.1) is 0 Å². The summed E-state index contributed by atoms with van der Waals surface area (Å²) in [4.78, 5) is 4.42. The van der Waals surface area contributed by atoms with Crippen LogP contribution in [-0.4, -0.2) is 30.8 Å². The average molecular weight is 343 g/mol. The van der Waals surface area contributed by atoms with Gasteiger partial charge >= 0.3 is 0 Å². The van der Waals surface area contributed by atoms with Crippen molar-refractivity contribution in [3.05, 3.63) is 22.3 Å². The number of hydrogen-bond acceptors (Lipinski definition) is 4. The molecule has 112 valence electrons. The molecule has 0 amide bonds. The average Bonchev–Trinajstić information content (AvgIpc) is 2.42. The van der Waals surface area contributed by atoms with E-state index in [1.54, 1.807) is 6.20 Å². The van der Waals surface area contributed by atoms with Crippen LogP contribution in [0.4, 0.5) is 0 Å². The number of aromatic nitrogens is 1. The van der Waals surface area contributed by atoms with E-state index < -0.39 is 0 Å². The summed E-state index contributed by atoms with van der Waals surface area (Å²) in [5.74, 6) is 1.38. The zero-order valence-corrected chi connectivity index (χ0v) is 13.8. The van der Waals surface area contributed by atoms with Crippen LogP contribution in [0.5, 0.6) is 5.88 Å². The third-order valence-corrected chi connectivity index (χ3v) is 3.64. The van der Waals surface area contributed by atoms with Crippen molar-refractivity contribution in [2.24, 2.45) is 5.92 Å². The molecule has 1 aromatic rings. The van der Waals surface area contributed by atoms with Gasteiger partial charge in [0.25, 0.3) is 0 Å². The van der Waals surface area contributed by atoms with Crippen molar-refractivity contribution in [3.8, 4) is 5.88 Å². The van der Waals surface area contributed by atoms with Gasteiger partial charge in [-0.2, -0.15) is 0 Å². The second-order valence-electron chi connectivity index (χ2n) is 5.57. The highest BCUT2D eigenvalue weighted by Crippen LogP contribution is 2.23. The molecule has 2 heterocycles. The van der Waals surface area contributed by atoms with E-state index in [-0.39, 0.29) is 6.10 Å². The summed E-state index contributed by atoms with van der Waals surface area (Å²) in [5, 5.41) is 3.44. The SMILES string of the molecule is CC(C)CNCc1cc(Br)cnc1OC1CCOCC1. The quantitative estimate of drug-likeness (QED) is 0.862. The highest BCUT2D eigenvalue weighted by Gasteiger charge is 2.17. The molecule has 1 fully saturated rings. The molecule has 0 aliphatic carbocycles. The first-order chi connectivity index (χ1) is 9.65. The van der Waals surface area contributed by atoms with Crippen molar-refractivity contribution in [1.29, 1.82) is 0 Å². The Kier molecular flexibility index (Phi) is 6.26. The Bertz CT molecular complexity index is 420. The van der Waals surface area contributed by atoms with E-state index in [4.69, 9.17) is 9.47 Å². The molecule has 0 bridgehead atoms. The molecule has 5 heteroatoms. The lowest BCUT2D eigenvalue weighted by molar-refractivity contribution is 0.0232. The first-order valence-electron chi connectivity index (χ1n) is 7.24. The Labute approximate surface area is 129 Å². The summed E-state index contributed by atoms with van der Waals surface area (Å²) in [5.41, 5.74) is 1.10. The predicted molar refractivity (Wildman–Crippen MR) is 83.0 cm³/mol. The summed E-state index contributed by atoms with van der Waals surface area (Å²) in [6, 6.07) is 2.08. The van der Waals surface area contributed by atoms with E-state index >= 15 is 0 Å². The predicted octanol–water partition coefficient (Wildman–Crippen LogP) is 3.15. The van der Waals surface area contributed by atoms with Crippen LogP contribution in [-0.2, 0) is 11.3 Å². The van der Waals surface area contributed by atoms with Crippen LogP contribution in [0.3, 0.4) is 0 Å². The van der Waals surface area contributed by atoms with Gasteiger partial charge in [0.15, 0.2) is 0 Å². The Hall–Kier alpha value is -0.650.